The lowest BCUT2D eigenvalue weighted by molar-refractivity contribution is 0.295. The molecule has 178 valence electrons. The van der Waals surface area contributed by atoms with Gasteiger partial charge in [0.05, 0.1) is 27.4 Å². The molecule has 1 heterocycles. The van der Waals surface area contributed by atoms with Crippen molar-refractivity contribution in [3.05, 3.63) is 89.5 Å². The van der Waals surface area contributed by atoms with Crippen molar-refractivity contribution < 1.29 is 14.2 Å². The summed E-state index contributed by atoms with van der Waals surface area (Å²) in [6, 6.07) is 23.7. The highest BCUT2D eigenvalue weighted by Crippen LogP contribution is 2.28. The number of hydrogen-bond acceptors (Lipinski definition) is 8. The van der Waals surface area contributed by atoms with Crippen molar-refractivity contribution in [2.75, 3.05) is 20.8 Å². The summed E-state index contributed by atoms with van der Waals surface area (Å²) >= 11 is 0. The predicted octanol–water partition coefficient (Wildman–Crippen LogP) is 5.77. The lowest BCUT2D eigenvalue weighted by Gasteiger charge is -2.10. The monoisotopic (exact) mass is 469 g/mol. The lowest BCUT2D eigenvalue weighted by atomic mass is 10.1. The number of benzene rings is 3. The van der Waals surface area contributed by atoms with Gasteiger partial charge in [0.2, 0.25) is 0 Å². The zero-order chi connectivity index (χ0) is 24.5. The molecule has 0 aliphatic heterocycles. The van der Waals surface area contributed by atoms with Crippen molar-refractivity contribution in [1.29, 1.82) is 0 Å². The SMILES string of the molecule is COc1ccc(CCOc2nc(N=NCc3cccc(C)c3)nc(-c3ccccc3)n2)cc1OC. The molecular weight excluding hydrogens is 442 g/mol. The Morgan fingerprint density at radius 1 is 0.771 bits per heavy atom. The van der Waals surface area contributed by atoms with Crippen LogP contribution in [-0.2, 0) is 13.0 Å². The van der Waals surface area contributed by atoms with Gasteiger partial charge >= 0.3 is 6.01 Å². The Morgan fingerprint density at radius 2 is 1.60 bits per heavy atom. The number of rotatable bonds is 10. The highest BCUT2D eigenvalue weighted by molar-refractivity contribution is 5.55. The highest BCUT2D eigenvalue weighted by Gasteiger charge is 2.10. The van der Waals surface area contributed by atoms with Crippen molar-refractivity contribution in [1.82, 2.24) is 15.0 Å². The van der Waals surface area contributed by atoms with Crippen LogP contribution in [0.4, 0.5) is 5.95 Å². The van der Waals surface area contributed by atoms with Crippen molar-refractivity contribution in [3.63, 3.8) is 0 Å². The van der Waals surface area contributed by atoms with E-state index in [2.05, 4.69) is 31.2 Å². The van der Waals surface area contributed by atoms with Gasteiger partial charge in [0, 0.05) is 12.0 Å². The molecule has 35 heavy (non-hydrogen) atoms. The van der Waals surface area contributed by atoms with Crippen LogP contribution in [0.3, 0.4) is 0 Å². The normalized spacial score (nSPS) is 10.9. The summed E-state index contributed by atoms with van der Waals surface area (Å²) < 4.78 is 16.6. The van der Waals surface area contributed by atoms with Crippen LogP contribution in [0.2, 0.25) is 0 Å². The van der Waals surface area contributed by atoms with E-state index in [1.54, 1.807) is 14.2 Å². The van der Waals surface area contributed by atoms with Crippen LogP contribution in [-0.4, -0.2) is 35.8 Å². The smallest absolute Gasteiger partial charge is 0.321 e. The van der Waals surface area contributed by atoms with Crippen LogP contribution in [0.15, 0.2) is 83.0 Å². The molecule has 3 aromatic carbocycles. The maximum atomic E-state index is 5.89. The third-order valence-electron chi connectivity index (χ3n) is 5.20. The molecule has 8 nitrogen and oxygen atoms in total. The third-order valence-corrected chi connectivity index (χ3v) is 5.20. The number of hydrogen-bond donors (Lipinski definition) is 0. The largest absolute Gasteiger partial charge is 0.493 e. The molecule has 4 rings (SSSR count). The van der Waals surface area contributed by atoms with Gasteiger partial charge in [-0.2, -0.15) is 20.1 Å². The summed E-state index contributed by atoms with van der Waals surface area (Å²) in [4.78, 5) is 13.3. The molecule has 0 saturated heterocycles. The van der Waals surface area contributed by atoms with Gasteiger partial charge in [-0.25, -0.2) is 0 Å². The molecule has 0 N–H and O–H groups in total. The molecule has 0 spiro atoms. The number of ether oxygens (including phenoxy) is 3. The molecule has 0 amide bonds. The standard InChI is InChI=1S/C27H27N5O3/c1-19-8-7-9-21(16-19)18-28-32-26-29-25(22-10-5-4-6-11-22)30-27(31-26)35-15-14-20-12-13-23(33-2)24(17-20)34-3/h4-13,16-17H,14-15,18H2,1-3H3. The number of methoxy groups -OCH3 is 2. The summed E-state index contributed by atoms with van der Waals surface area (Å²) in [5.74, 6) is 2.04. The zero-order valence-corrected chi connectivity index (χ0v) is 20.0. The maximum absolute atomic E-state index is 5.89. The first-order valence-corrected chi connectivity index (χ1v) is 11.2. The Bertz CT molecular complexity index is 1300. The summed E-state index contributed by atoms with van der Waals surface area (Å²) in [6.45, 7) is 2.85. The van der Waals surface area contributed by atoms with Gasteiger partial charge in [0.1, 0.15) is 0 Å². The van der Waals surface area contributed by atoms with Gasteiger partial charge in [-0.15, -0.1) is 5.11 Å². The van der Waals surface area contributed by atoms with Crippen LogP contribution in [0.1, 0.15) is 16.7 Å². The molecule has 0 saturated carbocycles. The van der Waals surface area contributed by atoms with E-state index < -0.39 is 0 Å². The van der Waals surface area contributed by atoms with Crippen LogP contribution >= 0.6 is 0 Å². The van der Waals surface area contributed by atoms with E-state index in [-0.39, 0.29) is 12.0 Å². The minimum atomic E-state index is 0.198. The summed E-state index contributed by atoms with van der Waals surface area (Å²) in [7, 11) is 3.23. The Hall–Kier alpha value is -4.33. The van der Waals surface area contributed by atoms with E-state index >= 15 is 0 Å². The van der Waals surface area contributed by atoms with E-state index in [1.165, 1.54) is 5.56 Å². The van der Waals surface area contributed by atoms with E-state index in [0.29, 0.717) is 36.9 Å². The molecule has 8 heteroatoms. The molecule has 0 bridgehead atoms. The molecule has 0 unspecified atom stereocenters. The Kier molecular flexibility index (Phi) is 7.96. The second kappa shape index (κ2) is 11.7. The van der Waals surface area contributed by atoms with E-state index in [0.717, 1.165) is 16.7 Å². The Labute approximate surface area is 204 Å². The number of aromatic nitrogens is 3. The minimum absolute atomic E-state index is 0.198. The van der Waals surface area contributed by atoms with Gasteiger partial charge in [-0.05, 0) is 30.2 Å². The first kappa shape index (κ1) is 23.8. The molecule has 0 atom stereocenters. The predicted molar refractivity (Wildman–Crippen MR) is 133 cm³/mol. The Morgan fingerprint density at radius 3 is 2.37 bits per heavy atom. The van der Waals surface area contributed by atoms with Crippen molar-refractivity contribution in [3.8, 4) is 28.9 Å². The fourth-order valence-electron chi connectivity index (χ4n) is 3.46. The molecule has 0 aliphatic rings. The lowest BCUT2D eigenvalue weighted by Crippen LogP contribution is -2.06. The molecule has 1 aromatic heterocycles. The van der Waals surface area contributed by atoms with Gasteiger partial charge in [0.25, 0.3) is 5.95 Å². The van der Waals surface area contributed by atoms with Crippen LogP contribution in [0, 0.1) is 6.92 Å². The minimum Gasteiger partial charge on any atom is -0.493 e. The van der Waals surface area contributed by atoms with E-state index in [4.69, 9.17) is 14.2 Å². The fraction of sp³-hybridized carbons (Fsp3) is 0.222. The molecule has 0 radical (unpaired) electrons. The van der Waals surface area contributed by atoms with Crippen LogP contribution < -0.4 is 14.2 Å². The van der Waals surface area contributed by atoms with Crippen molar-refractivity contribution in [2.24, 2.45) is 10.2 Å². The number of nitrogens with zero attached hydrogens (tertiary/aromatic N) is 5. The van der Waals surface area contributed by atoms with Crippen molar-refractivity contribution in [2.45, 2.75) is 19.9 Å². The quantitative estimate of drug-likeness (QED) is 0.274. The topological polar surface area (TPSA) is 91.1 Å². The summed E-state index contributed by atoms with van der Waals surface area (Å²) in [6.07, 6.45) is 0.636. The second-order valence-electron chi connectivity index (χ2n) is 7.78. The van der Waals surface area contributed by atoms with Gasteiger partial charge in [-0.3, -0.25) is 0 Å². The molecular formula is C27H27N5O3. The van der Waals surface area contributed by atoms with E-state index in [1.807, 2.05) is 73.7 Å². The molecule has 4 aromatic rings. The molecule has 0 fully saturated rings. The average molecular weight is 470 g/mol. The van der Waals surface area contributed by atoms with Crippen LogP contribution in [0.5, 0.6) is 17.5 Å². The third kappa shape index (κ3) is 6.60. The van der Waals surface area contributed by atoms with Gasteiger partial charge in [-0.1, -0.05) is 66.2 Å². The first-order valence-electron chi connectivity index (χ1n) is 11.2. The number of aryl methyl sites for hydroxylation is 1. The average Bonchev–Trinajstić information content (AvgIpc) is 2.89. The first-order chi connectivity index (χ1) is 17.1. The van der Waals surface area contributed by atoms with Gasteiger partial charge < -0.3 is 14.2 Å². The summed E-state index contributed by atoms with van der Waals surface area (Å²) in [5.41, 5.74) is 4.12. The fourth-order valence-corrected chi connectivity index (χ4v) is 3.46. The van der Waals surface area contributed by atoms with E-state index in [9.17, 15) is 0 Å². The van der Waals surface area contributed by atoms with Gasteiger partial charge in [0.15, 0.2) is 17.3 Å². The maximum Gasteiger partial charge on any atom is 0.321 e. The summed E-state index contributed by atoms with van der Waals surface area (Å²) in [5, 5.41) is 8.52. The van der Waals surface area contributed by atoms with Crippen LogP contribution in [0.25, 0.3) is 11.4 Å². The zero-order valence-electron chi connectivity index (χ0n) is 20.0. The number of azo groups is 1. The second-order valence-corrected chi connectivity index (χ2v) is 7.78. The Balaban J connectivity index is 1.50. The molecule has 0 aliphatic carbocycles. The highest BCUT2D eigenvalue weighted by atomic mass is 16.5. The van der Waals surface area contributed by atoms with Crippen molar-refractivity contribution >= 4 is 5.95 Å².